The van der Waals surface area contributed by atoms with E-state index in [-0.39, 0.29) is 0 Å². The van der Waals surface area contributed by atoms with Crippen LogP contribution >= 0.6 is 15.9 Å². The van der Waals surface area contributed by atoms with Gasteiger partial charge in [-0.3, -0.25) is 0 Å². The zero-order chi connectivity index (χ0) is 13.3. The highest BCUT2D eigenvalue weighted by molar-refractivity contribution is 9.10. The van der Waals surface area contributed by atoms with Gasteiger partial charge in [0.05, 0.1) is 17.7 Å². The van der Waals surface area contributed by atoms with Crippen LogP contribution in [-0.4, -0.2) is 16.6 Å². The van der Waals surface area contributed by atoms with Gasteiger partial charge in [-0.15, -0.1) is 0 Å². The zero-order valence-electron chi connectivity index (χ0n) is 11.2. The van der Waals surface area contributed by atoms with Crippen molar-refractivity contribution in [2.45, 2.75) is 26.8 Å². The molecule has 96 valence electrons. The smallest absolute Gasteiger partial charge is 0.0997 e. The van der Waals surface area contributed by atoms with E-state index in [1.165, 1.54) is 16.9 Å². The molecule has 3 nitrogen and oxygen atoms in total. The van der Waals surface area contributed by atoms with E-state index in [4.69, 9.17) is 0 Å². The zero-order valence-corrected chi connectivity index (χ0v) is 12.7. The Labute approximate surface area is 116 Å². The van der Waals surface area contributed by atoms with Gasteiger partial charge in [0.25, 0.3) is 0 Å². The third-order valence-corrected chi connectivity index (χ3v) is 3.89. The van der Waals surface area contributed by atoms with Crippen molar-refractivity contribution >= 4 is 15.9 Å². The Bertz CT molecular complexity index is 560. The van der Waals surface area contributed by atoms with Crippen LogP contribution in [0.4, 0.5) is 0 Å². The van der Waals surface area contributed by atoms with Crippen LogP contribution in [0, 0.1) is 13.8 Å². The molecular formula is C14H18BrN3. The minimum absolute atomic E-state index is 0.291. The van der Waals surface area contributed by atoms with Gasteiger partial charge in [0.2, 0.25) is 0 Å². The quantitative estimate of drug-likeness (QED) is 0.940. The van der Waals surface area contributed by atoms with Crippen molar-refractivity contribution in [3.8, 4) is 5.69 Å². The average molecular weight is 308 g/mol. The van der Waals surface area contributed by atoms with Crippen LogP contribution in [0.3, 0.4) is 0 Å². The molecule has 0 saturated carbocycles. The topological polar surface area (TPSA) is 29.9 Å². The summed E-state index contributed by atoms with van der Waals surface area (Å²) < 4.78 is 3.24. The Balaban J connectivity index is 2.60. The lowest BCUT2D eigenvalue weighted by molar-refractivity contribution is 0.647. The van der Waals surface area contributed by atoms with E-state index in [1.54, 1.807) is 0 Å². The van der Waals surface area contributed by atoms with E-state index in [0.717, 1.165) is 10.2 Å². The number of aryl methyl sites for hydroxylation is 1. The van der Waals surface area contributed by atoms with Crippen molar-refractivity contribution in [3.05, 3.63) is 46.0 Å². The first-order valence-electron chi connectivity index (χ1n) is 6.02. The summed E-state index contributed by atoms with van der Waals surface area (Å²) >= 11 is 3.54. The lowest BCUT2D eigenvalue weighted by Gasteiger charge is -2.18. The van der Waals surface area contributed by atoms with Crippen LogP contribution in [0.2, 0.25) is 0 Å². The second kappa shape index (κ2) is 5.24. The van der Waals surface area contributed by atoms with E-state index in [2.05, 4.69) is 62.8 Å². The number of rotatable bonds is 3. The summed E-state index contributed by atoms with van der Waals surface area (Å²) in [5.41, 5.74) is 4.69. The molecule has 1 aromatic heterocycles. The third kappa shape index (κ3) is 2.35. The largest absolute Gasteiger partial charge is 0.313 e. The molecule has 1 N–H and O–H groups in total. The van der Waals surface area contributed by atoms with Gasteiger partial charge in [-0.2, -0.15) is 0 Å². The number of nitrogens with zero attached hydrogens (tertiary/aromatic N) is 2. The molecule has 0 aliphatic heterocycles. The molecule has 0 aliphatic carbocycles. The Morgan fingerprint density at radius 3 is 2.61 bits per heavy atom. The maximum Gasteiger partial charge on any atom is 0.0997 e. The SMILES string of the molecule is CNC(C)c1cc(Br)ccc1-n1cnc(C)c1C. The summed E-state index contributed by atoms with van der Waals surface area (Å²) in [4.78, 5) is 4.37. The molecule has 0 amide bonds. The molecule has 0 saturated heterocycles. The Morgan fingerprint density at radius 1 is 1.33 bits per heavy atom. The third-order valence-electron chi connectivity index (χ3n) is 3.40. The highest BCUT2D eigenvalue weighted by Gasteiger charge is 2.13. The summed E-state index contributed by atoms with van der Waals surface area (Å²) in [5.74, 6) is 0. The number of nitrogens with one attached hydrogen (secondary N) is 1. The fourth-order valence-corrected chi connectivity index (χ4v) is 2.37. The first kappa shape index (κ1) is 13.3. The summed E-state index contributed by atoms with van der Waals surface area (Å²) in [5, 5.41) is 3.29. The fraction of sp³-hybridized carbons (Fsp3) is 0.357. The number of imidazole rings is 1. The molecule has 2 rings (SSSR count). The van der Waals surface area contributed by atoms with Gasteiger partial charge in [0.1, 0.15) is 0 Å². The fourth-order valence-electron chi connectivity index (χ4n) is 1.99. The summed E-state index contributed by atoms with van der Waals surface area (Å²) in [6.07, 6.45) is 1.89. The molecule has 0 fully saturated rings. The van der Waals surface area contributed by atoms with Gasteiger partial charge >= 0.3 is 0 Å². The second-order valence-corrected chi connectivity index (χ2v) is 5.41. The van der Waals surface area contributed by atoms with Crippen molar-refractivity contribution in [1.82, 2.24) is 14.9 Å². The average Bonchev–Trinajstić information content (AvgIpc) is 2.69. The monoisotopic (exact) mass is 307 g/mol. The van der Waals surface area contributed by atoms with Gasteiger partial charge in [-0.1, -0.05) is 15.9 Å². The Morgan fingerprint density at radius 2 is 2.06 bits per heavy atom. The molecule has 4 heteroatoms. The summed E-state index contributed by atoms with van der Waals surface area (Å²) in [6.45, 7) is 6.29. The van der Waals surface area contributed by atoms with Crippen molar-refractivity contribution in [2.24, 2.45) is 0 Å². The molecule has 1 atom stereocenters. The van der Waals surface area contributed by atoms with Gasteiger partial charge in [-0.25, -0.2) is 4.98 Å². The van der Waals surface area contributed by atoms with E-state index >= 15 is 0 Å². The number of aromatic nitrogens is 2. The van der Waals surface area contributed by atoms with E-state index in [9.17, 15) is 0 Å². The van der Waals surface area contributed by atoms with E-state index < -0.39 is 0 Å². The normalized spacial score (nSPS) is 12.7. The standard InChI is InChI=1S/C14H18BrN3/c1-9-11(3)18(8-17-9)14-6-5-12(15)7-13(14)10(2)16-4/h5-8,10,16H,1-4H3. The molecule has 0 bridgehead atoms. The number of halogens is 1. The molecule has 0 aliphatic rings. The van der Waals surface area contributed by atoms with Gasteiger partial charge in [-0.05, 0) is 51.6 Å². The molecular weight excluding hydrogens is 290 g/mol. The molecule has 2 aromatic rings. The predicted octanol–water partition coefficient (Wildman–Crippen LogP) is 3.53. The summed E-state index contributed by atoms with van der Waals surface area (Å²) in [6, 6.07) is 6.64. The number of hydrogen-bond acceptors (Lipinski definition) is 2. The molecule has 1 aromatic carbocycles. The van der Waals surface area contributed by atoms with Gasteiger partial charge in [0.15, 0.2) is 0 Å². The van der Waals surface area contributed by atoms with Gasteiger partial charge in [0, 0.05) is 16.2 Å². The molecule has 1 unspecified atom stereocenters. The van der Waals surface area contributed by atoms with Crippen LogP contribution in [0.15, 0.2) is 29.0 Å². The van der Waals surface area contributed by atoms with Crippen molar-refractivity contribution in [3.63, 3.8) is 0 Å². The predicted molar refractivity (Wildman–Crippen MR) is 78.2 cm³/mol. The van der Waals surface area contributed by atoms with Crippen LogP contribution < -0.4 is 5.32 Å². The van der Waals surface area contributed by atoms with Crippen LogP contribution in [0.5, 0.6) is 0 Å². The second-order valence-electron chi connectivity index (χ2n) is 4.50. The van der Waals surface area contributed by atoms with Crippen LogP contribution in [-0.2, 0) is 0 Å². The maximum atomic E-state index is 4.37. The maximum absolute atomic E-state index is 4.37. The minimum atomic E-state index is 0.291. The molecule has 0 spiro atoms. The van der Waals surface area contributed by atoms with Crippen LogP contribution in [0.1, 0.15) is 29.9 Å². The van der Waals surface area contributed by atoms with Crippen molar-refractivity contribution in [2.75, 3.05) is 7.05 Å². The minimum Gasteiger partial charge on any atom is -0.313 e. The lowest BCUT2D eigenvalue weighted by Crippen LogP contribution is -2.15. The number of benzene rings is 1. The van der Waals surface area contributed by atoms with Crippen LogP contribution in [0.25, 0.3) is 5.69 Å². The lowest BCUT2D eigenvalue weighted by atomic mass is 10.1. The first-order chi connectivity index (χ1) is 8.54. The molecule has 1 heterocycles. The van der Waals surface area contributed by atoms with E-state index in [1.807, 2.05) is 20.3 Å². The van der Waals surface area contributed by atoms with Gasteiger partial charge < -0.3 is 9.88 Å². The highest BCUT2D eigenvalue weighted by Crippen LogP contribution is 2.26. The number of hydrogen-bond donors (Lipinski definition) is 1. The Kier molecular flexibility index (Phi) is 3.88. The molecule has 18 heavy (non-hydrogen) atoms. The highest BCUT2D eigenvalue weighted by atomic mass is 79.9. The van der Waals surface area contributed by atoms with Crippen molar-refractivity contribution < 1.29 is 0 Å². The Hall–Kier alpha value is -1.13. The molecule has 0 radical (unpaired) electrons. The first-order valence-corrected chi connectivity index (χ1v) is 6.81. The van der Waals surface area contributed by atoms with Crippen molar-refractivity contribution in [1.29, 1.82) is 0 Å². The summed E-state index contributed by atoms with van der Waals surface area (Å²) in [7, 11) is 1.97. The van der Waals surface area contributed by atoms with E-state index in [0.29, 0.717) is 6.04 Å².